The number of carboxylic acids is 1. The molecule has 3 aliphatic rings. The molecule has 0 spiro atoms. The minimum Gasteiger partial charge on any atom is -0.487 e. The SMILES string of the molecule is Cn1nnc(COc2ccc(Cl)c3c2[C@@H](CN2CCCC2=O)N(C(=O)C2CCCC2C(=O)O)CC3)c1C(F)F. The summed E-state index contributed by atoms with van der Waals surface area (Å²) in [6, 6.07) is 2.65. The molecule has 5 rings (SSSR count). The fourth-order valence-electron chi connectivity index (χ4n) is 6.15. The predicted molar refractivity (Wildman–Crippen MR) is 134 cm³/mol. The van der Waals surface area contributed by atoms with Crippen molar-refractivity contribution in [3.63, 3.8) is 0 Å². The summed E-state index contributed by atoms with van der Waals surface area (Å²) in [7, 11) is 1.38. The van der Waals surface area contributed by atoms with Crippen LogP contribution in [0, 0.1) is 11.8 Å². The van der Waals surface area contributed by atoms with E-state index in [1.54, 1.807) is 21.9 Å². The largest absolute Gasteiger partial charge is 0.487 e. The summed E-state index contributed by atoms with van der Waals surface area (Å²) in [5.41, 5.74) is 0.995. The molecule has 1 aliphatic carbocycles. The highest BCUT2D eigenvalue weighted by Crippen LogP contribution is 2.43. The molecular weight excluding hydrogens is 536 g/mol. The molecule has 2 unspecified atom stereocenters. The topological polar surface area (TPSA) is 118 Å². The number of aliphatic carboxylic acids is 1. The standard InChI is InChI=1S/C26H30ClF2N5O5/c1-32-23(24(28)29)18(30-31-32)13-39-20-8-7-17(27)16-9-11-34(25(36)14-4-2-5-15(14)26(37)38)19(22(16)20)12-33-10-3-6-21(33)35/h7-8,14-15,19,24H,2-6,9-13H2,1H3,(H,37,38)/t14?,15?,19-/m1/s1. The van der Waals surface area contributed by atoms with Gasteiger partial charge in [0.15, 0.2) is 0 Å². The quantitative estimate of drug-likeness (QED) is 0.520. The zero-order chi connectivity index (χ0) is 27.8. The number of amides is 2. The van der Waals surface area contributed by atoms with Crippen molar-refractivity contribution >= 4 is 29.4 Å². The van der Waals surface area contributed by atoms with Crippen molar-refractivity contribution in [3.05, 3.63) is 39.7 Å². The average Bonchev–Trinajstić information content (AvgIpc) is 3.64. The van der Waals surface area contributed by atoms with Gasteiger partial charge in [0, 0.05) is 43.7 Å². The summed E-state index contributed by atoms with van der Waals surface area (Å²) in [6.45, 7) is 0.771. The average molecular weight is 566 g/mol. The van der Waals surface area contributed by atoms with Gasteiger partial charge in [-0.15, -0.1) is 5.10 Å². The number of carbonyl (C=O) groups is 3. The summed E-state index contributed by atoms with van der Waals surface area (Å²) in [5, 5.41) is 17.7. The molecule has 3 atom stereocenters. The molecule has 3 heterocycles. The molecule has 0 radical (unpaired) electrons. The normalized spacial score (nSPS) is 23.0. The number of halogens is 3. The van der Waals surface area contributed by atoms with E-state index in [4.69, 9.17) is 16.3 Å². The molecule has 39 heavy (non-hydrogen) atoms. The lowest BCUT2D eigenvalue weighted by Crippen LogP contribution is -2.48. The molecule has 2 aromatic rings. The number of likely N-dealkylation sites (tertiary alicyclic amines) is 1. The number of fused-ring (bicyclic) bond motifs is 1. The first-order chi connectivity index (χ1) is 18.7. The summed E-state index contributed by atoms with van der Waals surface area (Å²) in [5.74, 6) is -2.34. The number of carbonyl (C=O) groups excluding carboxylic acids is 2. The molecule has 1 saturated carbocycles. The van der Waals surface area contributed by atoms with Crippen LogP contribution in [0.15, 0.2) is 12.1 Å². The second kappa shape index (κ2) is 11.1. The van der Waals surface area contributed by atoms with E-state index >= 15 is 0 Å². The molecule has 1 aromatic carbocycles. The van der Waals surface area contributed by atoms with Crippen LogP contribution in [0.4, 0.5) is 8.78 Å². The highest BCUT2D eigenvalue weighted by Gasteiger charge is 2.44. The third kappa shape index (κ3) is 5.18. The van der Waals surface area contributed by atoms with Crippen LogP contribution in [0.3, 0.4) is 0 Å². The highest BCUT2D eigenvalue weighted by molar-refractivity contribution is 6.31. The van der Waals surface area contributed by atoms with Crippen molar-refractivity contribution in [1.29, 1.82) is 0 Å². The number of benzene rings is 1. The van der Waals surface area contributed by atoms with Gasteiger partial charge < -0.3 is 19.6 Å². The maximum atomic E-state index is 13.9. The molecule has 1 saturated heterocycles. The first kappa shape index (κ1) is 27.3. The summed E-state index contributed by atoms with van der Waals surface area (Å²) < 4.78 is 34.2. The van der Waals surface area contributed by atoms with E-state index in [0.29, 0.717) is 68.0 Å². The van der Waals surface area contributed by atoms with E-state index in [1.807, 2.05) is 0 Å². The third-order valence-corrected chi connectivity index (χ3v) is 8.44. The molecule has 2 fully saturated rings. The Hall–Kier alpha value is -3.28. The minimum atomic E-state index is -2.79. The number of rotatable bonds is 8. The predicted octanol–water partition coefficient (Wildman–Crippen LogP) is 3.53. The number of aryl methyl sites for hydroxylation is 1. The lowest BCUT2D eigenvalue weighted by Gasteiger charge is -2.41. The van der Waals surface area contributed by atoms with Gasteiger partial charge >= 0.3 is 5.97 Å². The van der Waals surface area contributed by atoms with Gasteiger partial charge in [0.25, 0.3) is 6.43 Å². The minimum absolute atomic E-state index is 0.0125. The van der Waals surface area contributed by atoms with Crippen molar-refractivity contribution in [2.75, 3.05) is 19.6 Å². The van der Waals surface area contributed by atoms with E-state index in [-0.39, 0.29) is 36.4 Å². The fraction of sp³-hybridized carbons (Fsp3) is 0.577. The van der Waals surface area contributed by atoms with Gasteiger partial charge in [-0.05, 0) is 43.4 Å². The zero-order valence-electron chi connectivity index (χ0n) is 21.5. The summed E-state index contributed by atoms with van der Waals surface area (Å²) in [6.07, 6.45) is 0.305. The van der Waals surface area contributed by atoms with Crippen molar-refractivity contribution < 1.29 is 33.0 Å². The van der Waals surface area contributed by atoms with Gasteiger partial charge in [-0.2, -0.15) is 0 Å². The Morgan fingerprint density at radius 2 is 1.95 bits per heavy atom. The van der Waals surface area contributed by atoms with Crippen LogP contribution in [0.5, 0.6) is 5.75 Å². The van der Waals surface area contributed by atoms with Gasteiger partial charge in [0.1, 0.15) is 23.7 Å². The van der Waals surface area contributed by atoms with Crippen molar-refractivity contribution in [2.45, 2.75) is 57.6 Å². The van der Waals surface area contributed by atoms with E-state index in [9.17, 15) is 28.3 Å². The Morgan fingerprint density at radius 1 is 1.18 bits per heavy atom. The third-order valence-electron chi connectivity index (χ3n) is 8.09. The molecule has 0 bridgehead atoms. The Morgan fingerprint density at radius 3 is 2.64 bits per heavy atom. The van der Waals surface area contributed by atoms with E-state index in [1.165, 1.54) is 7.05 Å². The molecule has 2 amide bonds. The van der Waals surface area contributed by atoms with Crippen LogP contribution in [0.2, 0.25) is 5.02 Å². The van der Waals surface area contributed by atoms with Crippen LogP contribution >= 0.6 is 11.6 Å². The Kier molecular flexibility index (Phi) is 7.75. The number of aromatic nitrogens is 3. The number of hydrogen-bond donors (Lipinski definition) is 1. The molecule has 13 heteroatoms. The Labute approximate surface area is 228 Å². The van der Waals surface area contributed by atoms with Crippen molar-refractivity contribution in [2.24, 2.45) is 18.9 Å². The first-order valence-corrected chi connectivity index (χ1v) is 13.5. The molecule has 1 N–H and O–H groups in total. The first-order valence-electron chi connectivity index (χ1n) is 13.1. The van der Waals surface area contributed by atoms with Gasteiger partial charge in [-0.25, -0.2) is 13.5 Å². The van der Waals surface area contributed by atoms with Gasteiger partial charge in [-0.3, -0.25) is 14.4 Å². The molecule has 2 aliphatic heterocycles. The highest BCUT2D eigenvalue weighted by atomic mass is 35.5. The lowest BCUT2D eigenvalue weighted by molar-refractivity contribution is -0.150. The van der Waals surface area contributed by atoms with Crippen LogP contribution in [0.25, 0.3) is 0 Å². The summed E-state index contributed by atoms with van der Waals surface area (Å²) >= 11 is 6.59. The second-order valence-electron chi connectivity index (χ2n) is 10.3. The van der Waals surface area contributed by atoms with Gasteiger partial charge in [-0.1, -0.05) is 23.2 Å². The van der Waals surface area contributed by atoms with Gasteiger partial charge in [0.2, 0.25) is 11.8 Å². The number of nitrogens with zero attached hydrogens (tertiary/aromatic N) is 5. The fourth-order valence-corrected chi connectivity index (χ4v) is 6.41. The van der Waals surface area contributed by atoms with E-state index in [0.717, 1.165) is 10.2 Å². The zero-order valence-corrected chi connectivity index (χ0v) is 22.2. The second-order valence-corrected chi connectivity index (χ2v) is 10.7. The maximum Gasteiger partial charge on any atom is 0.307 e. The lowest BCUT2D eigenvalue weighted by atomic mass is 9.88. The van der Waals surface area contributed by atoms with Crippen LogP contribution < -0.4 is 4.74 Å². The van der Waals surface area contributed by atoms with Crippen molar-refractivity contribution in [3.8, 4) is 5.75 Å². The van der Waals surface area contributed by atoms with Gasteiger partial charge in [0.05, 0.1) is 17.9 Å². The monoisotopic (exact) mass is 565 g/mol. The molecular formula is C26H30ClF2N5O5. The number of alkyl halides is 2. The number of hydrogen-bond acceptors (Lipinski definition) is 6. The van der Waals surface area contributed by atoms with Crippen LogP contribution in [-0.2, 0) is 34.5 Å². The van der Waals surface area contributed by atoms with Crippen LogP contribution in [0.1, 0.15) is 67.1 Å². The number of carboxylic acid groups (broad SMARTS) is 1. The maximum absolute atomic E-state index is 13.9. The molecule has 10 nitrogen and oxygen atoms in total. The molecule has 210 valence electrons. The molecule has 1 aromatic heterocycles. The van der Waals surface area contributed by atoms with E-state index in [2.05, 4.69) is 10.3 Å². The van der Waals surface area contributed by atoms with Crippen LogP contribution in [-0.4, -0.2) is 67.3 Å². The number of ether oxygens (including phenoxy) is 1. The van der Waals surface area contributed by atoms with Crippen molar-refractivity contribution in [1.82, 2.24) is 24.8 Å². The Bertz CT molecular complexity index is 1290. The van der Waals surface area contributed by atoms with E-state index < -0.39 is 30.3 Å². The smallest absolute Gasteiger partial charge is 0.307 e. The summed E-state index contributed by atoms with van der Waals surface area (Å²) in [4.78, 5) is 41.7. The Balaban J connectivity index is 1.51.